The van der Waals surface area contributed by atoms with Gasteiger partial charge in [0, 0.05) is 30.1 Å². The number of carbonyl (C=O) groups is 2. The molecular weight excluding hydrogens is 447 g/mol. The summed E-state index contributed by atoms with van der Waals surface area (Å²) in [7, 11) is 1.49. The highest BCUT2D eigenvalue weighted by Gasteiger charge is 2.30. The molecular formula is C21H17ClF3N5O2. The van der Waals surface area contributed by atoms with Crippen LogP contribution >= 0.6 is 11.6 Å². The Kier molecular flexibility index (Phi) is 6.64. The molecule has 3 rings (SSSR count). The summed E-state index contributed by atoms with van der Waals surface area (Å²) >= 11 is 5.82. The SMILES string of the molecule is Cc1ccc(NC(=O)c2cccc(C(F)(F)F)c2)cc1NC(=O)N(C)c1cc(Cl)ncn1. The van der Waals surface area contributed by atoms with Crippen molar-refractivity contribution in [1.82, 2.24) is 9.97 Å². The third-order valence-corrected chi connectivity index (χ3v) is 4.66. The minimum absolute atomic E-state index is 0.147. The van der Waals surface area contributed by atoms with E-state index in [2.05, 4.69) is 20.6 Å². The Morgan fingerprint density at radius 2 is 1.78 bits per heavy atom. The lowest BCUT2D eigenvalue weighted by Gasteiger charge is -2.18. The van der Waals surface area contributed by atoms with Gasteiger partial charge < -0.3 is 10.6 Å². The summed E-state index contributed by atoms with van der Waals surface area (Å²) in [5.41, 5.74) is 0.315. The third-order valence-electron chi connectivity index (χ3n) is 4.46. The summed E-state index contributed by atoms with van der Waals surface area (Å²) in [6.45, 7) is 1.75. The normalized spacial score (nSPS) is 11.1. The van der Waals surface area contributed by atoms with E-state index in [0.717, 1.165) is 18.2 Å². The van der Waals surface area contributed by atoms with E-state index in [9.17, 15) is 22.8 Å². The van der Waals surface area contributed by atoms with E-state index in [0.29, 0.717) is 16.9 Å². The summed E-state index contributed by atoms with van der Waals surface area (Å²) < 4.78 is 38.7. The van der Waals surface area contributed by atoms with Crippen molar-refractivity contribution in [3.63, 3.8) is 0 Å². The van der Waals surface area contributed by atoms with Crippen LogP contribution in [0.5, 0.6) is 0 Å². The van der Waals surface area contributed by atoms with Crippen molar-refractivity contribution < 1.29 is 22.8 Å². The van der Waals surface area contributed by atoms with Gasteiger partial charge >= 0.3 is 12.2 Å². The molecule has 166 valence electrons. The van der Waals surface area contributed by atoms with E-state index in [1.165, 1.54) is 36.5 Å². The van der Waals surface area contributed by atoms with Crippen LogP contribution in [0.4, 0.5) is 35.2 Å². The maximum absolute atomic E-state index is 12.9. The number of hydrogen-bond acceptors (Lipinski definition) is 4. The second-order valence-electron chi connectivity index (χ2n) is 6.75. The molecule has 0 aliphatic carbocycles. The Bertz CT molecular complexity index is 1170. The van der Waals surface area contributed by atoms with Crippen molar-refractivity contribution >= 4 is 40.7 Å². The fraction of sp³-hybridized carbons (Fsp3) is 0.143. The maximum Gasteiger partial charge on any atom is 0.416 e. The Morgan fingerprint density at radius 3 is 2.47 bits per heavy atom. The number of rotatable bonds is 4. The van der Waals surface area contributed by atoms with Crippen LogP contribution in [-0.2, 0) is 6.18 Å². The number of aromatic nitrogens is 2. The lowest BCUT2D eigenvalue weighted by molar-refractivity contribution is -0.137. The molecule has 0 unspecified atom stereocenters. The highest BCUT2D eigenvalue weighted by Crippen LogP contribution is 2.30. The van der Waals surface area contributed by atoms with Gasteiger partial charge in [-0.25, -0.2) is 14.8 Å². The summed E-state index contributed by atoms with van der Waals surface area (Å²) in [5, 5.41) is 5.40. The molecule has 0 spiro atoms. The largest absolute Gasteiger partial charge is 0.416 e. The van der Waals surface area contributed by atoms with Crippen LogP contribution in [0.25, 0.3) is 0 Å². The molecule has 32 heavy (non-hydrogen) atoms. The molecule has 1 aromatic heterocycles. The van der Waals surface area contributed by atoms with Gasteiger partial charge in [0.2, 0.25) is 0 Å². The molecule has 3 amide bonds. The molecule has 0 aliphatic rings. The molecule has 0 aliphatic heterocycles. The highest BCUT2D eigenvalue weighted by molar-refractivity contribution is 6.29. The Morgan fingerprint density at radius 1 is 1.03 bits per heavy atom. The number of nitrogens with zero attached hydrogens (tertiary/aromatic N) is 3. The predicted octanol–water partition coefficient (Wildman–Crippen LogP) is 5.38. The topological polar surface area (TPSA) is 87.2 Å². The number of benzene rings is 2. The van der Waals surface area contributed by atoms with Crippen molar-refractivity contribution in [2.75, 3.05) is 22.6 Å². The number of alkyl halides is 3. The monoisotopic (exact) mass is 463 g/mol. The van der Waals surface area contributed by atoms with E-state index in [1.54, 1.807) is 19.1 Å². The molecule has 3 aromatic rings. The van der Waals surface area contributed by atoms with Crippen molar-refractivity contribution in [1.29, 1.82) is 0 Å². The van der Waals surface area contributed by atoms with Gasteiger partial charge in [-0.3, -0.25) is 9.69 Å². The van der Waals surface area contributed by atoms with Crippen molar-refractivity contribution in [3.8, 4) is 0 Å². The van der Waals surface area contributed by atoms with Gasteiger partial charge in [-0.2, -0.15) is 13.2 Å². The second-order valence-corrected chi connectivity index (χ2v) is 7.14. The maximum atomic E-state index is 12.9. The van der Waals surface area contributed by atoms with Crippen LogP contribution in [0.3, 0.4) is 0 Å². The van der Waals surface area contributed by atoms with Crippen LogP contribution in [0.2, 0.25) is 5.15 Å². The zero-order valence-corrected chi connectivity index (χ0v) is 17.6. The summed E-state index contributed by atoms with van der Waals surface area (Å²) in [5.74, 6) is -0.445. The zero-order chi connectivity index (χ0) is 23.5. The number of hydrogen-bond donors (Lipinski definition) is 2. The van der Waals surface area contributed by atoms with Gasteiger partial charge in [0.05, 0.1) is 5.56 Å². The molecule has 0 saturated carbocycles. The molecule has 2 N–H and O–H groups in total. The standard InChI is InChI=1S/C21H17ClF3N5O2/c1-12-6-7-15(28-19(31)13-4-3-5-14(8-13)21(23,24)25)9-16(12)29-20(32)30(2)18-10-17(22)26-11-27-18/h3-11H,1-2H3,(H,28,31)(H,29,32). The average molecular weight is 464 g/mol. The first-order valence-corrected chi connectivity index (χ1v) is 9.54. The zero-order valence-electron chi connectivity index (χ0n) is 16.9. The number of anilines is 3. The van der Waals surface area contributed by atoms with E-state index in [4.69, 9.17) is 11.6 Å². The van der Waals surface area contributed by atoms with Crippen LogP contribution < -0.4 is 15.5 Å². The van der Waals surface area contributed by atoms with Crippen LogP contribution in [-0.4, -0.2) is 29.0 Å². The van der Waals surface area contributed by atoms with E-state index in [1.807, 2.05) is 0 Å². The van der Waals surface area contributed by atoms with Gasteiger partial charge in [0.15, 0.2) is 0 Å². The molecule has 1 heterocycles. The van der Waals surface area contributed by atoms with Crippen LogP contribution in [0.15, 0.2) is 54.9 Å². The summed E-state index contributed by atoms with van der Waals surface area (Å²) in [4.78, 5) is 34.0. The van der Waals surface area contributed by atoms with Crippen LogP contribution in [0, 0.1) is 6.92 Å². The fourth-order valence-corrected chi connectivity index (χ4v) is 2.83. The van der Waals surface area contributed by atoms with Crippen molar-refractivity contribution in [2.24, 2.45) is 0 Å². The van der Waals surface area contributed by atoms with Crippen LogP contribution in [0.1, 0.15) is 21.5 Å². The Balaban J connectivity index is 1.76. The lowest BCUT2D eigenvalue weighted by atomic mass is 10.1. The number of carbonyl (C=O) groups excluding carboxylic acids is 2. The molecule has 11 heteroatoms. The van der Waals surface area contributed by atoms with E-state index in [-0.39, 0.29) is 16.5 Å². The second kappa shape index (κ2) is 9.23. The fourth-order valence-electron chi connectivity index (χ4n) is 2.69. The van der Waals surface area contributed by atoms with Crippen molar-refractivity contribution in [3.05, 3.63) is 76.7 Å². The number of urea groups is 1. The number of amides is 3. The van der Waals surface area contributed by atoms with Gasteiger partial charge in [-0.1, -0.05) is 23.7 Å². The minimum atomic E-state index is -4.56. The molecule has 0 fully saturated rings. The summed E-state index contributed by atoms with van der Waals surface area (Å²) in [6, 6.07) is 9.72. The molecule has 2 aromatic carbocycles. The number of halogens is 4. The van der Waals surface area contributed by atoms with Crippen molar-refractivity contribution in [2.45, 2.75) is 13.1 Å². The first-order valence-electron chi connectivity index (χ1n) is 9.16. The lowest BCUT2D eigenvalue weighted by Crippen LogP contribution is -2.32. The summed E-state index contributed by atoms with van der Waals surface area (Å²) in [6.07, 6.45) is -3.34. The van der Waals surface area contributed by atoms with E-state index < -0.39 is 23.7 Å². The van der Waals surface area contributed by atoms with E-state index >= 15 is 0 Å². The minimum Gasteiger partial charge on any atom is -0.322 e. The molecule has 0 saturated heterocycles. The van der Waals surface area contributed by atoms with Gasteiger partial charge in [0.25, 0.3) is 5.91 Å². The Labute approximate surface area is 186 Å². The average Bonchev–Trinajstić information content (AvgIpc) is 2.75. The highest BCUT2D eigenvalue weighted by atomic mass is 35.5. The van der Waals surface area contributed by atoms with Gasteiger partial charge in [0.1, 0.15) is 17.3 Å². The van der Waals surface area contributed by atoms with Gasteiger partial charge in [-0.05, 0) is 42.8 Å². The predicted molar refractivity (Wildman–Crippen MR) is 115 cm³/mol. The molecule has 0 atom stereocenters. The Hall–Kier alpha value is -3.66. The molecule has 7 nitrogen and oxygen atoms in total. The first kappa shape index (κ1) is 23.0. The molecule has 0 radical (unpaired) electrons. The smallest absolute Gasteiger partial charge is 0.322 e. The number of aryl methyl sites for hydroxylation is 1. The first-order chi connectivity index (χ1) is 15.0. The number of nitrogens with one attached hydrogen (secondary N) is 2. The quantitative estimate of drug-likeness (QED) is 0.509. The van der Waals surface area contributed by atoms with Gasteiger partial charge in [-0.15, -0.1) is 0 Å². The third kappa shape index (κ3) is 5.52. The molecule has 0 bridgehead atoms.